The van der Waals surface area contributed by atoms with E-state index in [0.717, 1.165) is 28.6 Å². The van der Waals surface area contributed by atoms with Gasteiger partial charge in [0.2, 0.25) is 0 Å². The Kier molecular flexibility index (Phi) is 4.46. The van der Waals surface area contributed by atoms with Crippen LogP contribution in [-0.4, -0.2) is 24.1 Å². The number of rotatable bonds is 4. The van der Waals surface area contributed by atoms with E-state index >= 15 is 0 Å². The van der Waals surface area contributed by atoms with Crippen molar-refractivity contribution in [2.75, 3.05) is 19.5 Å². The van der Waals surface area contributed by atoms with Crippen molar-refractivity contribution in [1.29, 1.82) is 0 Å². The first-order chi connectivity index (χ1) is 9.92. The van der Waals surface area contributed by atoms with Crippen LogP contribution in [0.25, 0.3) is 0 Å². The van der Waals surface area contributed by atoms with Crippen LogP contribution in [0.1, 0.15) is 37.9 Å². The van der Waals surface area contributed by atoms with Gasteiger partial charge < -0.3 is 10.1 Å². The quantitative estimate of drug-likeness (QED) is 0.935. The summed E-state index contributed by atoms with van der Waals surface area (Å²) in [5.74, 6) is 2.53. The number of nitrogens with one attached hydrogen (secondary N) is 1. The maximum Gasteiger partial charge on any atom is 0.135 e. The van der Waals surface area contributed by atoms with E-state index in [1.807, 2.05) is 31.3 Å². The number of methoxy groups -OCH3 is 1. The molecule has 2 aromatic rings. The second kappa shape index (κ2) is 6.12. The third-order valence-corrected chi connectivity index (χ3v) is 3.29. The molecule has 1 N–H and O–H groups in total. The van der Waals surface area contributed by atoms with Gasteiger partial charge in [-0.15, -0.1) is 0 Å². The molecule has 0 spiro atoms. The van der Waals surface area contributed by atoms with Crippen molar-refractivity contribution in [2.24, 2.45) is 0 Å². The zero-order valence-electron chi connectivity index (χ0n) is 13.4. The maximum absolute atomic E-state index is 5.26. The fourth-order valence-electron chi connectivity index (χ4n) is 2.05. The Labute approximate surface area is 126 Å². The van der Waals surface area contributed by atoms with Crippen LogP contribution in [0.3, 0.4) is 0 Å². The minimum Gasteiger partial charge on any atom is -0.497 e. The van der Waals surface area contributed by atoms with Crippen LogP contribution in [0, 0.1) is 0 Å². The van der Waals surface area contributed by atoms with E-state index in [0.29, 0.717) is 6.42 Å². The predicted molar refractivity (Wildman–Crippen MR) is 86.1 cm³/mol. The van der Waals surface area contributed by atoms with Gasteiger partial charge in [0.1, 0.15) is 17.4 Å². The molecule has 1 heterocycles. The second-order valence-corrected chi connectivity index (χ2v) is 6.08. The number of nitrogens with zero attached hydrogens (tertiary/aromatic N) is 2. The van der Waals surface area contributed by atoms with Gasteiger partial charge >= 0.3 is 0 Å². The summed E-state index contributed by atoms with van der Waals surface area (Å²) in [6, 6.07) is 10.0. The Morgan fingerprint density at radius 1 is 1.14 bits per heavy atom. The first-order valence-corrected chi connectivity index (χ1v) is 7.11. The van der Waals surface area contributed by atoms with Gasteiger partial charge in [-0.05, 0) is 17.7 Å². The molecular formula is C17H23N3O. The Bertz CT molecular complexity index is 618. The summed E-state index contributed by atoms with van der Waals surface area (Å²) in [7, 11) is 3.55. The Morgan fingerprint density at radius 2 is 1.90 bits per heavy atom. The maximum atomic E-state index is 5.26. The van der Waals surface area contributed by atoms with Crippen molar-refractivity contribution >= 4 is 5.82 Å². The van der Waals surface area contributed by atoms with Gasteiger partial charge in [0.15, 0.2) is 0 Å². The summed E-state index contributed by atoms with van der Waals surface area (Å²) in [5.41, 5.74) is 2.18. The van der Waals surface area contributed by atoms with Crippen LogP contribution in [0.5, 0.6) is 5.75 Å². The lowest BCUT2D eigenvalue weighted by molar-refractivity contribution is 0.414. The molecule has 0 saturated carbocycles. The molecule has 112 valence electrons. The lowest BCUT2D eigenvalue weighted by Gasteiger charge is -2.19. The average Bonchev–Trinajstić information content (AvgIpc) is 2.46. The van der Waals surface area contributed by atoms with E-state index in [1.165, 1.54) is 0 Å². The molecule has 0 amide bonds. The highest BCUT2D eigenvalue weighted by atomic mass is 16.5. The first-order valence-electron chi connectivity index (χ1n) is 7.11. The first kappa shape index (κ1) is 15.3. The van der Waals surface area contributed by atoms with Crippen molar-refractivity contribution in [3.8, 4) is 5.75 Å². The van der Waals surface area contributed by atoms with Crippen molar-refractivity contribution in [3.63, 3.8) is 0 Å². The van der Waals surface area contributed by atoms with Gasteiger partial charge in [-0.25, -0.2) is 9.97 Å². The lowest BCUT2D eigenvalue weighted by Crippen LogP contribution is -2.16. The SMILES string of the molecule is CNc1cc(C(C)(C)C)nc(Cc2cccc(OC)c2)n1. The van der Waals surface area contributed by atoms with E-state index < -0.39 is 0 Å². The average molecular weight is 285 g/mol. The highest BCUT2D eigenvalue weighted by Gasteiger charge is 2.18. The van der Waals surface area contributed by atoms with E-state index in [-0.39, 0.29) is 5.41 Å². The van der Waals surface area contributed by atoms with Crippen LogP contribution < -0.4 is 10.1 Å². The van der Waals surface area contributed by atoms with Gasteiger partial charge in [-0.2, -0.15) is 0 Å². The van der Waals surface area contributed by atoms with Crippen LogP contribution in [0.2, 0.25) is 0 Å². The van der Waals surface area contributed by atoms with E-state index in [9.17, 15) is 0 Å². The number of benzene rings is 1. The topological polar surface area (TPSA) is 47.0 Å². The molecule has 1 aromatic heterocycles. The zero-order valence-corrected chi connectivity index (χ0v) is 13.4. The molecule has 4 heteroatoms. The zero-order chi connectivity index (χ0) is 15.5. The van der Waals surface area contributed by atoms with Crippen LogP contribution >= 0.6 is 0 Å². The second-order valence-electron chi connectivity index (χ2n) is 6.08. The van der Waals surface area contributed by atoms with E-state index in [4.69, 9.17) is 9.72 Å². The third kappa shape index (κ3) is 3.94. The molecule has 0 aliphatic carbocycles. The molecule has 0 unspecified atom stereocenters. The number of anilines is 1. The molecule has 0 radical (unpaired) electrons. The molecule has 21 heavy (non-hydrogen) atoms. The fourth-order valence-corrected chi connectivity index (χ4v) is 2.05. The van der Waals surface area contributed by atoms with Crippen molar-refractivity contribution in [1.82, 2.24) is 9.97 Å². The molecule has 0 bridgehead atoms. The Morgan fingerprint density at radius 3 is 2.52 bits per heavy atom. The number of aromatic nitrogens is 2. The molecular weight excluding hydrogens is 262 g/mol. The molecule has 0 aliphatic heterocycles. The Hall–Kier alpha value is -2.10. The lowest BCUT2D eigenvalue weighted by atomic mass is 9.92. The van der Waals surface area contributed by atoms with Gasteiger partial charge in [0, 0.05) is 24.9 Å². The van der Waals surface area contributed by atoms with Crippen LogP contribution in [0.15, 0.2) is 30.3 Å². The minimum absolute atomic E-state index is 0.00231. The predicted octanol–water partition coefficient (Wildman–Crippen LogP) is 3.42. The summed E-state index contributed by atoms with van der Waals surface area (Å²) in [6.45, 7) is 6.47. The summed E-state index contributed by atoms with van der Waals surface area (Å²) < 4.78 is 5.26. The molecule has 1 aromatic carbocycles. The normalized spacial score (nSPS) is 11.3. The minimum atomic E-state index is -0.00231. The van der Waals surface area contributed by atoms with Crippen LogP contribution in [0.4, 0.5) is 5.82 Å². The molecule has 4 nitrogen and oxygen atoms in total. The molecule has 2 rings (SSSR count). The van der Waals surface area contributed by atoms with Crippen molar-refractivity contribution in [2.45, 2.75) is 32.6 Å². The number of hydrogen-bond acceptors (Lipinski definition) is 4. The van der Waals surface area contributed by atoms with Crippen LogP contribution in [-0.2, 0) is 11.8 Å². The van der Waals surface area contributed by atoms with Gasteiger partial charge in [-0.1, -0.05) is 32.9 Å². The highest BCUT2D eigenvalue weighted by Crippen LogP contribution is 2.23. The molecule has 0 atom stereocenters. The third-order valence-electron chi connectivity index (χ3n) is 3.29. The van der Waals surface area contributed by atoms with Gasteiger partial charge in [-0.3, -0.25) is 0 Å². The number of ether oxygens (including phenoxy) is 1. The summed E-state index contributed by atoms with van der Waals surface area (Å²) >= 11 is 0. The fraction of sp³-hybridized carbons (Fsp3) is 0.412. The van der Waals surface area contributed by atoms with Crippen molar-refractivity contribution < 1.29 is 4.74 Å². The summed E-state index contributed by atoms with van der Waals surface area (Å²) in [4.78, 5) is 9.26. The smallest absolute Gasteiger partial charge is 0.135 e. The largest absolute Gasteiger partial charge is 0.497 e. The molecule has 0 saturated heterocycles. The molecule has 0 aliphatic rings. The van der Waals surface area contributed by atoms with Gasteiger partial charge in [0.25, 0.3) is 0 Å². The summed E-state index contributed by atoms with van der Waals surface area (Å²) in [6.07, 6.45) is 0.690. The standard InChI is InChI=1S/C17H23N3O/c1-17(2,3)14-11-15(18-4)20-16(19-14)10-12-7-6-8-13(9-12)21-5/h6-9,11H,10H2,1-5H3,(H,18,19,20). The summed E-state index contributed by atoms with van der Waals surface area (Å²) in [5, 5.41) is 3.11. The van der Waals surface area contributed by atoms with Gasteiger partial charge in [0.05, 0.1) is 12.8 Å². The monoisotopic (exact) mass is 285 g/mol. The van der Waals surface area contributed by atoms with E-state index in [1.54, 1.807) is 7.11 Å². The Balaban J connectivity index is 2.34. The van der Waals surface area contributed by atoms with E-state index in [2.05, 4.69) is 37.1 Å². The molecule has 0 fully saturated rings. The highest BCUT2D eigenvalue weighted by molar-refractivity contribution is 5.38. The number of hydrogen-bond donors (Lipinski definition) is 1. The van der Waals surface area contributed by atoms with Crippen molar-refractivity contribution in [3.05, 3.63) is 47.4 Å².